The Balaban J connectivity index is 1.81. The molecule has 0 saturated heterocycles. The van der Waals surface area contributed by atoms with Gasteiger partial charge in [0, 0.05) is 12.2 Å². The fourth-order valence-electron chi connectivity index (χ4n) is 2.06. The van der Waals surface area contributed by atoms with Crippen LogP contribution in [-0.2, 0) is 12.2 Å². The van der Waals surface area contributed by atoms with Gasteiger partial charge in [0.2, 0.25) is 5.16 Å². The van der Waals surface area contributed by atoms with E-state index in [-0.39, 0.29) is 0 Å². The maximum Gasteiger partial charge on any atom is 0.208 e. The highest BCUT2D eigenvalue weighted by molar-refractivity contribution is 7.98. The number of H-pyrrole nitrogens is 1. The Kier molecular flexibility index (Phi) is 3.51. The molecule has 0 spiro atoms. The van der Waals surface area contributed by atoms with Crippen molar-refractivity contribution in [1.29, 1.82) is 0 Å². The van der Waals surface area contributed by atoms with Crippen LogP contribution in [0.5, 0.6) is 0 Å². The molecule has 3 rings (SSSR count). The molecule has 0 amide bonds. The first-order chi connectivity index (χ1) is 9.36. The van der Waals surface area contributed by atoms with Crippen LogP contribution in [0.2, 0.25) is 0 Å². The summed E-state index contributed by atoms with van der Waals surface area (Å²) < 4.78 is 0. The monoisotopic (exact) mass is 269 g/mol. The molecule has 96 valence electrons. The number of hydrogen-bond acceptors (Lipinski definition) is 3. The molecule has 0 unspecified atom stereocenters. The van der Waals surface area contributed by atoms with Crippen molar-refractivity contribution in [2.24, 2.45) is 0 Å². The van der Waals surface area contributed by atoms with Crippen LogP contribution in [0.3, 0.4) is 0 Å². The average molecular weight is 269 g/mol. The summed E-state index contributed by atoms with van der Waals surface area (Å²) in [6, 6.07) is 14.9. The smallest absolute Gasteiger partial charge is 0.208 e. The maximum atomic E-state index is 4.42. The predicted octanol–water partition coefficient (Wildman–Crippen LogP) is 3.81. The number of hydrogen-bond donors (Lipinski definition) is 1. The molecule has 19 heavy (non-hydrogen) atoms. The summed E-state index contributed by atoms with van der Waals surface area (Å²) in [6.45, 7) is 2.07. The van der Waals surface area contributed by atoms with E-state index in [1.807, 2.05) is 0 Å². The zero-order valence-electron chi connectivity index (χ0n) is 10.8. The number of thioether (sulfide) groups is 1. The maximum absolute atomic E-state index is 4.42. The molecule has 0 atom stereocenters. The van der Waals surface area contributed by atoms with Crippen LogP contribution in [0.25, 0.3) is 10.8 Å². The Morgan fingerprint density at radius 3 is 2.79 bits per heavy atom. The molecular weight excluding hydrogens is 254 g/mol. The Labute approximate surface area is 116 Å². The van der Waals surface area contributed by atoms with Crippen LogP contribution in [0, 0.1) is 0 Å². The fourth-order valence-corrected chi connectivity index (χ4v) is 2.88. The third-order valence-electron chi connectivity index (χ3n) is 3.08. The first kappa shape index (κ1) is 12.2. The van der Waals surface area contributed by atoms with E-state index in [0.717, 1.165) is 23.2 Å². The Bertz CT molecular complexity index is 685. The van der Waals surface area contributed by atoms with Crippen molar-refractivity contribution < 1.29 is 0 Å². The van der Waals surface area contributed by atoms with E-state index in [0.29, 0.717) is 0 Å². The van der Waals surface area contributed by atoms with Crippen LogP contribution in [-0.4, -0.2) is 15.2 Å². The predicted molar refractivity (Wildman–Crippen MR) is 79.3 cm³/mol. The van der Waals surface area contributed by atoms with Crippen molar-refractivity contribution in [3.8, 4) is 0 Å². The molecule has 1 aromatic heterocycles. The van der Waals surface area contributed by atoms with E-state index in [1.165, 1.54) is 16.3 Å². The van der Waals surface area contributed by atoms with Gasteiger partial charge in [0.25, 0.3) is 0 Å². The molecule has 0 aliphatic carbocycles. The molecule has 4 heteroatoms. The molecule has 1 heterocycles. The Hall–Kier alpha value is -1.81. The molecule has 0 radical (unpaired) electrons. The third kappa shape index (κ3) is 2.63. The number of rotatable bonds is 4. The van der Waals surface area contributed by atoms with E-state index in [1.54, 1.807) is 11.8 Å². The molecule has 0 fully saturated rings. The minimum absolute atomic E-state index is 0.824. The quantitative estimate of drug-likeness (QED) is 0.732. The second-order valence-electron chi connectivity index (χ2n) is 4.35. The zero-order chi connectivity index (χ0) is 13.1. The molecule has 2 aromatic carbocycles. The first-order valence-corrected chi connectivity index (χ1v) is 7.36. The van der Waals surface area contributed by atoms with Gasteiger partial charge in [-0.25, -0.2) is 4.98 Å². The van der Waals surface area contributed by atoms with Crippen molar-refractivity contribution in [2.45, 2.75) is 24.3 Å². The summed E-state index contributed by atoms with van der Waals surface area (Å²) in [5.74, 6) is 1.84. The number of aryl methyl sites for hydroxylation is 1. The van der Waals surface area contributed by atoms with Crippen molar-refractivity contribution in [2.75, 3.05) is 0 Å². The van der Waals surface area contributed by atoms with Crippen molar-refractivity contribution in [1.82, 2.24) is 15.2 Å². The number of fused-ring (bicyclic) bond motifs is 1. The summed E-state index contributed by atoms with van der Waals surface area (Å²) in [6.07, 6.45) is 0.891. The first-order valence-electron chi connectivity index (χ1n) is 6.37. The number of aromatic nitrogens is 3. The van der Waals surface area contributed by atoms with Gasteiger partial charge in [-0.1, -0.05) is 61.2 Å². The van der Waals surface area contributed by atoms with E-state index < -0.39 is 0 Å². The number of nitrogens with one attached hydrogen (secondary N) is 1. The second-order valence-corrected chi connectivity index (χ2v) is 5.29. The van der Waals surface area contributed by atoms with Crippen LogP contribution in [0.4, 0.5) is 0 Å². The highest BCUT2D eigenvalue weighted by Crippen LogP contribution is 2.25. The van der Waals surface area contributed by atoms with Crippen LogP contribution < -0.4 is 0 Å². The molecule has 0 aliphatic heterocycles. The largest absolute Gasteiger partial charge is 0.262 e. The van der Waals surface area contributed by atoms with Crippen LogP contribution in [0.15, 0.2) is 47.6 Å². The van der Waals surface area contributed by atoms with Crippen molar-refractivity contribution in [3.63, 3.8) is 0 Å². The van der Waals surface area contributed by atoms with Gasteiger partial charge in [-0.15, -0.1) is 5.10 Å². The molecule has 3 nitrogen and oxygen atoms in total. The lowest BCUT2D eigenvalue weighted by Crippen LogP contribution is -1.85. The minimum Gasteiger partial charge on any atom is -0.262 e. The average Bonchev–Trinajstić information content (AvgIpc) is 2.93. The Morgan fingerprint density at radius 1 is 1.11 bits per heavy atom. The highest BCUT2D eigenvalue weighted by atomic mass is 32.2. The highest BCUT2D eigenvalue weighted by Gasteiger charge is 2.05. The second kappa shape index (κ2) is 5.45. The Morgan fingerprint density at radius 2 is 1.95 bits per heavy atom. The van der Waals surface area contributed by atoms with Crippen LogP contribution >= 0.6 is 11.8 Å². The normalized spacial score (nSPS) is 11.0. The lowest BCUT2D eigenvalue weighted by Gasteiger charge is -2.04. The summed E-state index contributed by atoms with van der Waals surface area (Å²) in [7, 11) is 0. The van der Waals surface area contributed by atoms with Gasteiger partial charge in [0.05, 0.1) is 0 Å². The van der Waals surface area contributed by atoms with Crippen LogP contribution in [0.1, 0.15) is 18.3 Å². The van der Waals surface area contributed by atoms with Crippen molar-refractivity contribution in [3.05, 3.63) is 53.9 Å². The number of benzene rings is 2. The fraction of sp³-hybridized carbons (Fsp3) is 0.200. The SMILES string of the molecule is CCc1nc(SCc2cccc3ccccc23)n[nH]1. The van der Waals surface area contributed by atoms with E-state index in [2.05, 4.69) is 64.6 Å². The van der Waals surface area contributed by atoms with Gasteiger partial charge in [0.15, 0.2) is 0 Å². The molecule has 3 aromatic rings. The topological polar surface area (TPSA) is 41.6 Å². The van der Waals surface area contributed by atoms with E-state index in [9.17, 15) is 0 Å². The number of nitrogens with zero attached hydrogens (tertiary/aromatic N) is 2. The number of aromatic amines is 1. The summed E-state index contributed by atoms with van der Waals surface area (Å²) in [5, 5.41) is 10.6. The van der Waals surface area contributed by atoms with Gasteiger partial charge in [-0.3, -0.25) is 5.10 Å². The standard InChI is InChI=1S/C15H15N3S/c1-2-14-16-15(18-17-14)19-10-12-8-5-7-11-6-3-4-9-13(11)12/h3-9H,2,10H2,1H3,(H,16,17,18). The van der Waals surface area contributed by atoms with Gasteiger partial charge in [-0.05, 0) is 16.3 Å². The van der Waals surface area contributed by atoms with Gasteiger partial charge >= 0.3 is 0 Å². The molecule has 1 N–H and O–H groups in total. The lowest BCUT2D eigenvalue weighted by molar-refractivity contribution is 0.941. The lowest BCUT2D eigenvalue weighted by atomic mass is 10.1. The minimum atomic E-state index is 0.824. The van der Waals surface area contributed by atoms with Gasteiger partial charge in [-0.2, -0.15) is 0 Å². The third-order valence-corrected chi connectivity index (χ3v) is 3.98. The molecule has 0 saturated carbocycles. The van der Waals surface area contributed by atoms with Gasteiger partial charge in [0.1, 0.15) is 5.82 Å². The summed E-state index contributed by atoms with van der Waals surface area (Å²) >= 11 is 1.67. The van der Waals surface area contributed by atoms with Crippen molar-refractivity contribution >= 4 is 22.5 Å². The van der Waals surface area contributed by atoms with E-state index >= 15 is 0 Å². The van der Waals surface area contributed by atoms with Gasteiger partial charge < -0.3 is 0 Å². The molecular formula is C15H15N3S. The molecule has 0 aliphatic rings. The summed E-state index contributed by atoms with van der Waals surface area (Å²) in [5.41, 5.74) is 1.32. The molecule has 0 bridgehead atoms. The zero-order valence-corrected chi connectivity index (χ0v) is 11.6. The van der Waals surface area contributed by atoms with E-state index in [4.69, 9.17) is 0 Å². The summed E-state index contributed by atoms with van der Waals surface area (Å²) in [4.78, 5) is 4.42.